The van der Waals surface area contributed by atoms with Gasteiger partial charge in [-0.25, -0.2) is 0 Å². The number of hydrogen-bond donors (Lipinski definition) is 2. The summed E-state index contributed by atoms with van der Waals surface area (Å²) in [6, 6.07) is 7.10. The van der Waals surface area contributed by atoms with Gasteiger partial charge in [0.1, 0.15) is 6.10 Å². The number of hydrogen-bond acceptors (Lipinski definition) is 3. The topological polar surface area (TPSA) is 51.1 Å². The normalized spacial score (nSPS) is 18.5. The highest BCUT2D eigenvalue weighted by Crippen LogP contribution is 2.24. The van der Waals surface area contributed by atoms with Gasteiger partial charge in [0.2, 0.25) is 0 Å². The highest BCUT2D eigenvalue weighted by Gasteiger charge is 2.33. The molecule has 1 aromatic rings. The maximum atomic E-state index is 12.7. The Bertz CT molecular complexity index is 678. The first-order chi connectivity index (χ1) is 13.7. The summed E-state index contributed by atoms with van der Waals surface area (Å²) < 4.78 is 38.1. The molecule has 1 saturated heterocycles. The summed E-state index contributed by atoms with van der Waals surface area (Å²) >= 11 is 6.13. The number of halogens is 5. The molecule has 1 aliphatic rings. The molecule has 2 N–H and O–H groups in total. The van der Waals surface area contributed by atoms with E-state index in [9.17, 15) is 18.3 Å². The molecule has 0 bridgehead atoms. The van der Waals surface area contributed by atoms with Gasteiger partial charge in [0.15, 0.2) is 5.96 Å². The fourth-order valence-electron chi connectivity index (χ4n) is 3.54. The molecule has 0 radical (unpaired) electrons. The second-order valence-electron chi connectivity index (χ2n) is 7.28. The average Bonchev–Trinajstić information content (AvgIpc) is 3.12. The summed E-state index contributed by atoms with van der Waals surface area (Å²) in [6.45, 7) is 5.79. The van der Waals surface area contributed by atoms with Crippen LogP contribution in [0.25, 0.3) is 0 Å². The van der Waals surface area contributed by atoms with Crippen LogP contribution in [0.5, 0.6) is 0 Å². The molecule has 5 nitrogen and oxygen atoms in total. The standard InChI is InChI=1S/C20H30ClF3N4O.HI/c1-3-25-19(26-11-18(29)16-7-5-6-8-17(16)21)28-10-9-15(13-28)12-27(4-2)14-20(22,23)24;/h5-8,15,18,29H,3-4,9-14H2,1-2H3,(H,25,26);1H. The smallest absolute Gasteiger partial charge is 0.386 e. The van der Waals surface area contributed by atoms with Gasteiger partial charge in [-0.2, -0.15) is 13.2 Å². The van der Waals surface area contributed by atoms with Crippen LogP contribution in [0.15, 0.2) is 29.3 Å². The fourth-order valence-corrected chi connectivity index (χ4v) is 3.80. The third-order valence-corrected chi connectivity index (χ3v) is 5.31. The molecular weight excluding hydrogens is 532 g/mol. The Labute approximate surface area is 198 Å². The Morgan fingerprint density at radius 1 is 1.37 bits per heavy atom. The number of aliphatic hydroxyl groups excluding tert-OH is 1. The molecule has 10 heteroatoms. The van der Waals surface area contributed by atoms with Crippen molar-refractivity contribution in [3.63, 3.8) is 0 Å². The molecule has 2 rings (SSSR count). The van der Waals surface area contributed by atoms with Crippen molar-refractivity contribution in [3.05, 3.63) is 34.9 Å². The zero-order valence-corrected chi connectivity index (χ0v) is 20.4. The lowest BCUT2D eigenvalue weighted by Crippen LogP contribution is -2.42. The first-order valence-corrected chi connectivity index (χ1v) is 10.4. The molecule has 1 aliphatic heterocycles. The highest BCUT2D eigenvalue weighted by molar-refractivity contribution is 14.0. The van der Waals surface area contributed by atoms with Gasteiger partial charge in [-0.3, -0.25) is 9.89 Å². The molecule has 2 atom stereocenters. The molecule has 1 heterocycles. The molecule has 0 aliphatic carbocycles. The summed E-state index contributed by atoms with van der Waals surface area (Å²) in [7, 11) is 0. The second-order valence-corrected chi connectivity index (χ2v) is 7.68. The van der Waals surface area contributed by atoms with Gasteiger partial charge in [-0.1, -0.05) is 36.7 Å². The molecule has 0 aromatic heterocycles. The van der Waals surface area contributed by atoms with Crippen molar-refractivity contribution in [2.75, 3.05) is 45.8 Å². The van der Waals surface area contributed by atoms with Gasteiger partial charge in [0, 0.05) is 36.8 Å². The van der Waals surface area contributed by atoms with Gasteiger partial charge in [0.25, 0.3) is 0 Å². The van der Waals surface area contributed by atoms with Crippen LogP contribution in [-0.2, 0) is 0 Å². The third-order valence-electron chi connectivity index (χ3n) is 4.96. The van der Waals surface area contributed by atoms with Crippen molar-refractivity contribution in [3.8, 4) is 0 Å². The van der Waals surface area contributed by atoms with E-state index in [0.717, 1.165) is 13.0 Å². The van der Waals surface area contributed by atoms with E-state index in [1.165, 1.54) is 4.90 Å². The van der Waals surface area contributed by atoms with E-state index in [2.05, 4.69) is 15.2 Å². The van der Waals surface area contributed by atoms with E-state index in [4.69, 9.17) is 11.6 Å². The first kappa shape index (κ1) is 27.3. The van der Waals surface area contributed by atoms with Gasteiger partial charge < -0.3 is 15.3 Å². The Kier molecular flexibility index (Phi) is 11.7. The minimum absolute atomic E-state index is 0. The summed E-state index contributed by atoms with van der Waals surface area (Å²) in [5.74, 6) is 0.814. The lowest BCUT2D eigenvalue weighted by Gasteiger charge is -2.26. The fraction of sp³-hybridized carbons (Fsp3) is 0.650. The number of rotatable bonds is 8. The van der Waals surface area contributed by atoms with Crippen LogP contribution in [0, 0.1) is 5.92 Å². The number of nitrogens with zero attached hydrogens (tertiary/aromatic N) is 3. The summed E-state index contributed by atoms with van der Waals surface area (Å²) in [5, 5.41) is 14.1. The molecule has 172 valence electrons. The van der Waals surface area contributed by atoms with Gasteiger partial charge in [0.05, 0.1) is 13.1 Å². The Morgan fingerprint density at radius 2 is 2.07 bits per heavy atom. The number of aliphatic imine (C=N–C) groups is 1. The van der Waals surface area contributed by atoms with Crippen molar-refractivity contribution in [2.45, 2.75) is 32.5 Å². The van der Waals surface area contributed by atoms with E-state index in [1.807, 2.05) is 13.0 Å². The monoisotopic (exact) mass is 562 g/mol. The number of alkyl halides is 3. The van der Waals surface area contributed by atoms with Crippen LogP contribution in [0.1, 0.15) is 31.9 Å². The number of benzene rings is 1. The predicted octanol–water partition coefficient (Wildman–Crippen LogP) is 4.16. The van der Waals surface area contributed by atoms with E-state index in [1.54, 1.807) is 25.1 Å². The maximum absolute atomic E-state index is 12.7. The Morgan fingerprint density at radius 3 is 2.67 bits per heavy atom. The molecule has 1 aromatic carbocycles. The van der Waals surface area contributed by atoms with Crippen molar-refractivity contribution in [1.29, 1.82) is 0 Å². The van der Waals surface area contributed by atoms with Gasteiger partial charge in [-0.05, 0) is 31.9 Å². The Hall–Kier alpha value is -0.780. The molecule has 0 amide bonds. The van der Waals surface area contributed by atoms with E-state index < -0.39 is 18.8 Å². The molecule has 30 heavy (non-hydrogen) atoms. The average molecular weight is 563 g/mol. The SMILES string of the molecule is CCNC(=NCC(O)c1ccccc1Cl)N1CCC(CN(CC)CC(F)(F)F)C1.I. The molecule has 2 unspecified atom stereocenters. The van der Waals surface area contributed by atoms with Crippen LogP contribution in [0.2, 0.25) is 5.02 Å². The minimum Gasteiger partial charge on any atom is -0.386 e. The summed E-state index contributed by atoms with van der Waals surface area (Å²) in [6.07, 6.45) is -4.19. The largest absolute Gasteiger partial charge is 0.401 e. The van der Waals surface area contributed by atoms with Crippen molar-refractivity contribution in [1.82, 2.24) is 15.1 Å². The lowest BCUT2D eigenvalue weighted by atomic mass is 10.1. The third kappa shape index (κ3) is 8.76. The van der Waals surface area contributed by atoms with Crippen LogP contribution >= 0.6 is 35.6 Å². The number of aliphatic hydroxyl groups is 1. The van der Waals surface area contributed by atoms with E-state index >= 15 is 0 Å². The van der Waals surface area contributed by atoms with Gasteiger partial charge in [-0.15, -0.1) is 24.0 Å². The van der Waals surface area contributed by atoms with Crippen molar-refractivity contribution >= 4 is 41.5 Å². The maximum Gasteiger partial charge on any atom is 0.401 e. The first-order valence-electron chi connectivity index (χ1n) is 9.98. The summed E-state index contributed by atoms with van der Waals surface area (Å²) in [5.41, 5.74) is 0.624. The number of guanidine groups is 1. The number of likely N-dealkylation sites (tertiary alicyclic amines) is 1. The predicted molar refractivity (Wildman–Crippen MR) is 126 cm³/mol. The molecule has 1 fully saturated rings. The molecule has 0 spiro atoms. The lowest BCUT2D eigenvalue weighted by molar-refractivity contribution is -0.146. The Balaban J connectivity index is 0.00000450. The van der Waals surface area contributed by atoms with Crippen LogP contribution < -0.4 is 5.32 Å². The van der Waals surface area contributed by atoms with Crippen LogP contribution in [0.4, 0.5) is 13.2 Å². The van der Waals surface area contributed by atoms with Crippen LogP contribution in [-0.4, -0.2) is 72.9 Å². The van der Waals surface area contributed by atoms with Crippen molar-refractivity contribution < 1.29 is 18.3 Å². The van der Waals surface area contributed by atoms with E-state index in [0.29, 0.717) is 42.7 Å². The quantitative estimate of drug-likeness (QED) is 0.284. The molecule has 0 saturated carbocycles. The summed E-state index contributed by atoms with van der Waals surface area (Å²) in [4.78, 5) is 8.03. The zero-order chi connectivity index (χ0) is 21.4. The highest BCUT2D eigenvalue weighted by atomic mass is 127. The van der Waals surface area contributed by atoms with Crippen LogP contribution in [0.3, 0.4) is 0 Å². The second kappa shape index (κ2) is 12.9. The molecular formula is C20H31ClF3IN4O. The number of nitrogens with one attached hydrogen (secondary N) is 1. The van der Waals surface area contributed by atoms with E-state index in [-0.39, 0.29) is 36.4 Å². The van der Waals surface area contributed by atoms with Gasteiger partial charge >= 0.3 is 6.18 Å². The zero-order valence-electron chi connectivity index (χ0n) is 17.3. The van der Waals surface area contributed by atoms with Crippen molar-refractivity contribution in [2.24, 2.45) is 10.9 Å². The minimum atomic E-state index is -4.18.